The molecular formula is C20H24N2O4. The van der Waals surface area contributed by atoms with E-state index >= 15 is 0 Å². The van der Waals surface area contributed by atoms with E-state index in [1.165, 1.54) is 0 Å². The summed E-state index contributed by atoms with van der Waals surface area (Å²) in [4.78, 5) is 23.6. The number of hydrogen-bond acceptors (Lipinski definition) is 4. The lowest BCUT2D eigenvalue weighted by atomic mass is 10.1. The highest BCUT2D eigenvalue weighted by Crippen LogP contribution is 2.18. The smallest absolute Gasteiger partial charge is 0.276 e. The molecule has 6 heteroatoms. The fourth-order valence-electron chi connectivity index (χ4n) is 2.38. The monoisotopic (exact) mass is 356 g/mol. The number of nitrogens with one attached hydrogen (secondary N) is 2. The number of ether oxygens (including phenoxy) is 2. The predicted molar refractivity (Wildman–Crippen MR) is 99.1 cm³/mol. The molecule has 0 spiro atoms. The molecule has 2 amide bonds. The molecule has 2 N–H and O–H groups in total. The van der Waals surface area contributed by atoms with E-state index in [1.807, 2.05) is 64.1 Å². The topological polar surface area (TPSA) is 76.7 Å². The minimum Gasteiger partial charge on any atom is -0.484 e. The Balaban J connectivity index is 1.72. The van der Waals surface area contributed by atoms with E-state index in [2.05, 4.69) is 10.9 Å². The van der Waals surface area contributed by atoms with Gasteiger partial charge in [-0.25, -0.2) is 0 Å². The van der Waals surface area contributed by atoms with E-state index in [0.29, 0.717) is 11.5 Å². The number of amides is 2. The van der Waals surface area contributed by atoms with Crippen molar-refractivity contribution >= 4 is 11.8 Å². The quantitative estimate of drug-likeness (QED) is 0.780. The summed E-state index contributed by atoms with van der Waals surface area (Å²) in [5.41, 5.74) is 8.69. The van der Waals surface area contributed by atoms with Crippen LogP contribution in [0.4, 0.5) is 0 Å². The Morgan fingerprint density at radius 3 is 1.96 bits per heavy atom. The molecule has 0 fully saturated rings. The number of hydrogen-bond donors (Lipinski definition) is 2. The Morgan fingerprint density at radius 2 is 1.35 bits per heavy atom. The number of rotatable bonds is 6. The van der Waals surface area contributed by atoms with Gasteiger partial charge in [-0.05, 0) is 68.1 Å². The normalized spacial score (nSPS) is 10.2. The van der Waals surface area contributed by atoms with Gasteiger partial charge in [0.15, 0.2) is 13.2 Å². The van der Waals surface area contributed by atoms with Crippen LogP contribution in [0.2, 0.25) is 0 Å². The molecule has 0 heterocycles. The van der Waals surface area contributed by atoms with E-state index in [-0.39, 0.29) is 13.2 Å². The second-order valence-electron chi connectivity index (χ2n) is 6.27. The maximum atomic E-state index is 11.8. The van der Waals surface area contributed by atoms with E-state index in [4.69, 9.17) is 9.47 Å². The van der Waals surface area contributed by atoms with Crippen molar-refractivity contribution < 1.29 is 19.1 Å². The van der Waals surface area contributed by atoms with Crippen LogP contribution in [-0.4, -0.2) is 25.0 Å². The minimum atomic E-state index is -0.454. The fourth-order valence-corrected chi connectivity index (χ4v) is 2.38. The van der Waals surface area contributed by atoms with Crippen LogP contribution < -0.4 is 20.3 Å². The zero-order valence-corrected chi connectivity index (χ0v) is 15.5. The molecule has 0 aromatic heterocycles. The van der Waals surface area contributed by atoms with Crippen LogP contribution in [0.1, 0.15) is 22.3 Å². The van der Waals surface area contributed by atoms with Gasteiger partial charge in [-0.2, -0.15) is 0 Å². The third-order valence-corrected chi connectivity index (χ3v) is 3.61. The molecule has 0 aliphatic rings. The Hall–Kier alpha value is -3.02. The molecule has 2 aromatic carbocycles. The highest BCUT2D eigenvalue weighted by atomic mass is 16.5. The Bertz CT molecular complexity index is 782. The summed E-state index contributed by atoms with van der Waals surface area (Å²) in [6, 6.07) is 11.5. The third kappa shape index (κ3) is 6.12. The maximum Gasteiger partial charge on any atom is 0.276 e. The first-order valence-corrected chi connectivity index (χ1v) is 8.32. The lowest BCUT2D eigenvalue weighted by Crippen LogP contribution is -2.45. The van der Waals surface area contributed by atoms with Crippen LogP contribution in [0.3, 0.4) is 0 Å². The lowest BCUT2D eigenvalue weighted by Gasteiger charge is -2.11. The number of carbonyl (C=O) groups excluding carboxylic acids is 2. The highest BCUT2D eigenvalue weighted by Gasteiger charge is 2.08. The standard InChI is InChI=1S/C20H24N2O4/c1-13-5-6-16(4)18(10-13)26-12-20(24)22-21-19(23)11-25-17-8-14(2)7-15(3)9-17/h5-10H,11-12H2,1-4H3,(H,21,23)(H,22,24). The van der Waals surface area contributed by atoms with Crippen molar-refractivity contribution in [3.8, 4) is 11.5 Å². The van der Waals surface area contributed by atoms with E-state index in [9.17, 15) is 9.59 Å². The van der Waals surface area contributed by atoms with Crippen LogP contribution in [0.5, 0.6) is 11.5 Å². The minimum absolute atomic E-state index is 0.192. The van der Waals surface area contributed by atoms with Crippen molar-refractivity contribution in [1.82, 2.24) is 10.9 Å². The number of carbonyl (C=O) groups is 2. The second-order valence-corrected chi connectivity index (χ2v) is 6.27. The summed E-state index contributed by atoms with van der Waals surface area (Å²) in [7, 11) is 0. The number of aryl methyl sites for hydroxylation is 4. The fraction of sp³-hybridized carbons (Fsp3) is 0.300. The van der Waals surface area contributed by atoms with Gasteiger partial charge in [0.05, 0.1) is 0 Å². The molecule has 0 aliphatic heterocycles. The zero-order chi connectivity index (χ0) is 19.1. The lowest BCUT2D eigenvalue weighted by molar-refractivity contribution is -0.131. The first-order valence-electron chi connectivity index (χ1n) is 8.32. The van der Waals surface area contributed by atoms with Gasteiger partial charge in [0, 0.05) is 0 Å². The molecule has 2 rings (SSSR count). The van der Waals surface area contributed by atoms with Crippen molar-refractivity contribution in [3.63, 3.8) is 0 Å². The van der Waals surface area contributed by atoms with Crippen molar-refractivity contribution in [3.05, 3.63) is 58.7 Å². The van der Waals surface area contributed by atoms with Crippen molar-refractivity contribution in [2.75, 3.05) is 13.2 Å². The van der Waals surface area contributed by atoms with Gasteiger partial charge >= 0.3 is 0 Å². The molecule has 0 saturated carbocycles. The molecule has 138 valence electrons. The Morgan fingerprint density at radius 1 is 0.769 bits per heavy atom. The Kier molecular flexibility index (Phi) is 6.60. The van der Waals surface area contributed by atoms with Gasteiger partial charge < -0.3 is 9.47 Å². The molecule has 0 aliphatic carbocycles. The van der Waals surface area contributed by atoms with Crippen LogP contribution in [0.25, 0.3) is 0 Å². The van der Waals surface area contributed by atoms with E-state index < -0.39 is 11.8 Å². The molecule has 26 heavy (non-hydrogen) atoms. The maximum absolute atomic E-state index is 11.8. The predicted octanol–water partition coefficient (Wildman–Crippen LogP) is 2.53. The van der Waals surface area contributed by atoms with Crippen molar-refractivity contribution in [2.24, 2.45) is 0 Å². The first kappa shape index (κ1) is 19.3. The number of benzene rings is 2. The summed E-state index contributed by atoms with van der Waals surface area (Å²) in [6.45, 7) is 7.37. The molecular weight excluding hydrogens is 332 g/mol. The van der Waals surface area contributed by atoms with Gasteiger partial charge in [0.2, 0.25) is 0 Å². The second kappa shape index (κ2) is 8.89. The summed E-state index contributed by atoms with van der Waals surface area (Å²) < 4.78 is 10.9. The molecule has 0 radical (unpaired) electrons. The van der Waals surface area contributed by atoms with Gasteiger partial charge in [-0.15, -0.1) is 0 Å². The number of hydrazine groups is 1. The average molecular weight is 356 g/mol. The average Bonchev–Trinajstić information content (AvgIpc) is 2.58. The molecule has 0 unspecified atom stereocenters. The van der Waals surface area contributed by atoms with Crippen LogP contribution in [-0.2, 0) is 9.59 Å². The molecule has 0 atom stereocenters. The summed E-state index contributed by atoms with van der Waals surface area (Å²) >= 11 is 0. The van der Waals surface area contributed by atoms with E-state index in [1.54, 1.807) is 0 Å². The van der Waals surface area contributed by atoms with Crippen LogP contribution in [0.15, 0.2) is 36.4 Å². The molecule has 2 aromatic rings. The van der Waals surface area contributed by atoms with E-state index in [0.717, 1.165) is 22.3 Å². The van der Waals surface area contributed by atoms with Gasteiger partial charge in [-0.3, -0.25) is 20.4 Å². The largest absolute Gasteiger partial charge is 0.484 e. The third-order valence-electron chi connectivity index (χ3n) is 3.61. The molecule has 0 bridgehead atoms. The van der Waals surface area contributed by atoms with Crippen molar-refractivity contribution in [1.29, 1.82) is 0 Å². The molecule has 0 saturated heterocycles. The van der Waals surface area contributed by atoms with Gasteiger partial charge in [0.1, 0.15) is 11.5 Å². The Labute approximate surface area is 153 Å². The van der Waals surface area contributed by atoms with Crippen molar-refractivity contribution in [2.45, 2.75) is 27.7 Å². The summed E-state index contributed by atoms with van der Waals surface area (Å²) in [5, 5.41) is 0. The van der Waals surface area contributed by atoms with Crippen LogP contribution in [0, 0.1) is 27.7 Å². The molecule has 6 nitrogen and oxygen atoms in total. The highest BCUT2D eigenvalue weighted by molar-refractivity contribution is 5.83. The SMILES string of the molecule is Cc1cc(C)cc(OCC(=O)NNC(=O)COc2cc(C)ccc2C)c1. The zero-order valence-electron chi connectivity index (χ0n) is 15.5. The van der Waals surface area contributed by atoms with Gasteiger partial charge in [0.25, 0.3) is 11.8 Å². The first-order chi connectivity index (χ1) is 12.3. The van der Waals surface area contributed by atoms with Crippen LogP contribution >= 0.6 is 0 Å². The summed E-state index contributed by atoms with van der Waals surface area (Å²) in [6.07, 6.45) is 0. The summed E-state index contributed by atoms with van der Waals surface area (Å²) in [5.74, 6) is 0.349. The van der Waals surface area contributed by atoms with Gasteiger partial charge in [-0.1, -0.05) is 18.2 Å².